The van der Waals surface area contributed by atoms with Crippen molar-refractivity contribution in [2.24, 2.45) is 0 Å². The number of imidazole rings is 1. The number of aromatic nitrogens is 2. The average Bonchev–Trinajstić information content (AvgIpc) is 3.75. The van der Waals surface area contributed by atoms with E-state index in [-0.39, 0.29) is 36.7 Å². The zero-order chi connectivity index (χ0) is 39.0. The third-order valence-electron chi connectivity index (χ3n) is 9.75. The summed E-state index contributed by atoms with van der Waals surface area (Å²) in [7, 11) is 0. The highest BCUT2D eigenvalue weighted by molar-refractivity contribution is 6.10. The molecule has 0 bridgehead atoms. The summed E-state index contributed by atoms with van der Waals surface area (Å²) in [4.78, 5) is 5.29. The summed E-state index contributed by atoms with van der Waals surface area (Å²) in [6, 6.07) is 27.6. The van der Waals surface area contributed by atoms with Crippen LogP contribution in [0.1, 0.15) is 103 Å². The monoisotopic (exact) mass is 622 g/mol. The lowest BCUT2D eigenvalue weighted by molar-refractivity contribution is 0.664. The molecule has 234 valence electrons. The van der Waals surface area contributed by atoms with Gasteiger partial charge in [0.25, 0.3) is 0 Å². The summed E-state index contributed by atoms with van der Waals surface area (Å²) >= 11 is 0. The summed E-state index contributed by atoms with van der Waals surface area (Å²) in [5.41, 5.74) is 9.09. The van der Waals surface area contributed by atoms with E-state index in [0.717, 1.165) is 33.3 Å². The van der Waals surface area contributed by atoms with Crippen LogP contribution in [-0.2, 0) is 25.5 Å². The first-order chi connectivity index (χ1) is 25.9. The predicted molar refractivity (Wildman–Crippen MR) is 196 cm³/mol. The third kappa shape index (κ3) is 4.50. The van der Waals surface area contributed by atoms with Crippen molar-refractivity contribution in [3.8, 4) is 28.2 Å². The van der Waals surface area contributed by atoms with Crippen molar-refractivity contribution >= 4 is 33.0 Å². The summed E-state index contributed by atoms with van der Waals surface area (Å²) in [5.74, 6) is 0.678. The van der Waals surface area contributed by atoms with Crippen LogP contribution in [0, 0.1) is 0 Å². The molecule has 0 N–H and O–H groups in total. The molecule has 0 saturated carbocycles. The summed E-state index contributed by atoms with van der Waals surface area (Å²) in [6.07, 6.45) is -7.42. The fraction of sp³-hybridized carbons (Fsp3) is 0.295. The molecule has 2 aliphatic carbocycles. The Kier molecular flexibility index (Phi) is 4.97. The van der Waals surface area contributed by atoms with E-state index in [1.807, 2.05) is 42.5 Å². The van der Waals surface area contributed by atoms with Gasteiger partial charge in [-0.25, -0.2) is 4.98 Å². The van der Waals surface area contributed by atoms with Crippen molar-refractivity contribution in [3.63, 3.8) is 0 Å². The van der Waals surface area contributed by atoms with E-state index in [4.69, 9.17) is 20.4 Å². The number of fused-ring (bicyclic) bond motifs is 7. The molecule has 7 aromatic rings. The smallest absolute Gasteiger partial charge is 0.149 e. The maximum atomic E-state index is 9.04. The average molecular weight is 623 g/mol. The van der Waals surface area contributed by atoms with Crippen molar-refractivity contribution in [3.05, 3.63) is 118 Å². The van der Waals surface area contributed by atoms with Crippen LogP contribution in [0.2, 0.25) is 0 Å². The van der Waals surface area contributed by atoms with Gasteiger partial charge in [0.05, 0.1) is 22.3 Å². The summed E-state index contributed by atoms with van der Waals surface area (Å²) in [6.45, 7) is 8.66. The maximum Gasteiger partial charge on any atom is 0.149 e. The van der Waals surface area contributed by atoms with Gasteiger partial charge in [0.1, 0.15) is 17.0 Å². The van der Waals surface area contributed by atoms with Gasteiger partial charge in [-0.2, -0.15) is 0 Å². The van der Waals surface area contributed by atoms with Crippen LogP contribution in [0.4, 0.5) is 0 Å². The lowest BCUT2D eigenvalue weighted by Gasteiger charge is -2.25. The van der Waals surface area contributed by atoms with Crippen molar-refractivity contribution in [1.29, 1.82) is 0 Å². The highest BCUT2D eigenvalue weighted by atomic mass is 16.3. The molecule has 2 aliphatic rings. The van der Waals surface area contributed by atoms with E-state index >= 15 is 0 Å². The van der Waals surface area contributed by atoms with Crippen LogP contribution in [-0.4, -0.2) is 9.55 Å². The van der Waals surface area contributed by atoms with Crippen LogP contribution in [0.5, 0.6) is 0 Å². The Hall–Kier alpha value is -4.63. The number of nitrogens with zero attached hydrogens (tertiary/aromatic N) is 2. The summed E-state index contributed by atoms with van der Waals surface area (Å²) < 4.78 is 79.7. The molecule has 47 heavy (non-hydrogen) atoms. The molecule has 0 aliphatic heterocycles. The minimum absolute atomic E-state index is 0.0633. The first-order valence-corrected chi connectivity index (χ1v) is 16.7. The molecule has 0 saturated heterocycles. The Morgan fingerprint density at radius 3 is 2.11 bits per heavy atom. The van der Waals surface area contributed by atoms with E-state index in [1.165, 1.54) is 0 Å². The quantitative estimate of drug-likeness (QED) is 0.191. The van der Waals surface area contributed by atoms with Crippen LogP contribution in [0.3, 0.4) is 0 Å². The van der Waals surface area contributed by atoms with Crippen LogP contribution < -0.4 is 0 Å². The zero-order valence-electron chi connectivity index (χ0n) is 35.2. The molecular formula is C44H42N2O. The second-order valence-corrected chi connectivity index (χ2v) is 13.4. The normalized spacial score (nSPS) is 21.4. The molecule has 0 spiro atoms. The van der Waals surface area contributed by atoms with Crippen LogP contribution in [0.25, 0.3) is 61.2 Å². The van der Waals surface area contributed by atoms with Gasteiger partial charge in [-0.3, -0.25) is 4.57 Å². The highest BCUT2D eigenvalue weighted by Gasteiger charge is 2.27. The van der Waals surface area contributed by atoms with Gasteiger partial charge in [-0.1, -0.05) is 82.3 Å². The first kappa shape index (κ1) is 21.3. The van der Waals surface area contributed by atoms with E-state index in [9.17, 15) is 0 Å². The molecule has 0 fully saturated rings. The van der Waals surface area contributed by atoms with Gasteiger partial charge in [-0.15, -0.1) is 0 Å². The van der Waals surface area contributed by atoms with Crippen molar-refractivity contribution in [1.82, 2.24) is 9.55 Å². The maximum absolute atomic E-state index is 9.04. The van der Waals surface area contributed by atoms with Gasteiger partial charge in [-0.05, 0) is 131 Å². The Labute approximate surface area is 288 Å². The molecule has 0 radical (unpaired) electrons. The number of hydrogen-bond acceptors (Lipinski definition) is 2. The SMILES string of the molecule is [2H]C1([2H])CCC([2H])([2H])c2cc3c(cc21)nc(-c1cccc2c1oc1c4c(ccc12)C([2H])([2H])CC4([2H])[2H])n3-c1c(C(C)C)cc(-c2ccccc2)cc1C(C)C. The van der Waals surface area contributed by atoms with Gasteiger partial charge in [0.2, 0.25) is 0 Å². The number of benzene rings is 5. The molecule has 3 heteroatoms. The fourth-order valence-corrected chi connectivity index (χ4v) is 7.42. The number of para-hydroxylation sites is 1. The topological polar surface area (TPSA) is 31.0 Å². The minimum Gasteiger partial charge on any atom is -0.455 e. The zero-order valence-corrected chi connectivity index (χ0v) is 27.2. The number of hydrogen-bond donors (Lipinski definition) is 0. The number of rotatable bonds is 5. The molecule has 3 nitrogen and oxygen atoms in total. The largest absolute Gasteiger partial charge is 0.455 e. The first-order valence-electron chi connectivity index (χ1n) is 20.7. The number of aryl methyl sites for hydroxylation is 4. The molecule has 0 atom stereocenters. The van der Waals surface area contributed by atoms with E-state index in [2.05, 4.69) is 56.5 Å². The molecular weight excluding hydrogens is 572 g/mol. The Morgan fingerprint density at radius 1 is 0.660 bits per heavy atom. The Balaban J connectivity index is 1.42. The van der Waals surface area contributed by atoms with Gasteiger partial charge < -0.3 is 4.42 Å². The predicted octanol–water partition coefficient (Wildman–Crippen LogP) is 11.9. The van der Waals surface area contributed by atoms with E-state index < -0.39 is 25.5 Å². The minimum atomic E-state index is -1.94. The molecule has 0 amide bonds. The lowest BCUT2D eigenvalue weighted by Crippen LogP contribution is -2.10. The third-order valence-corrected chi connectivity index (χ3v) is 9.75. The van der Waals surface area contributed by atoms with E-state index in [0.29, 0.717) is 55.7 Å². The van der Waals surface area contributed by atoms with E-state index in [1.54, 1.807) is 18.2 Å². The summed E-state index contributed by atoms with van der Waals surface area (Å²) in [5, 5.41) is 1.44. The second-order valence-electron chi connectivity index (χ2n) is 13.4. The molecule has 0 unspecified atom stereocenters. The standard InChI is InChI=1S/C44H42N2O/c1-26(2)37-22-32(28-12-6-5-7-13-28)23-38(27(3)4)41(37)46-40-25-31-15-9-8-14-30(31)24-39(40)45-44(46)36-19-11-18-34-35-21-20-29-16-10-17-33(29)42(35)47-43(34)36/h5-7,11-13,18-27H,8-10,14-17H2,1-4H3/i14D2,15D2,16D2,17D2. The lowest BCUT2D eigenvalue weighted by atomic mass is 9.87. The Bertz CT molecular complexity index is 2680. The van der Waals surface area contributed by atoms with Gasteiger partial charge >= 0.3 is 0 Å². The molecule has 5 aromatic carbocycles. The van der Waals surface area contributed by atoms with Gasteiger partial charge in [0.15, 0.2) is 0 Å². The highest BCUT2D eigenvalue weighted by Crippen LogP contribution is 2.44. The molecule has 2 heterocycles. The molecule has 9 rings (SSSR count). The van der Waals surface area contributed by atoms with Crippen LogP contribution in [0.15, 0.2) is 89.3 Å². The van der Waals surface area contributed by atoms with Crippen molar-refractivity contribution in [2.45, 2.75) is 84.3 Å². The molecule has 2 aromatic heterocycles. The van der Waals surface area contributed by atoms with Crippen LogP contribution >= 0.6 is 0 Å². The second kappa shape index (κ2) is 11.0. The fourth-order valence-electron chi connectivity index (χ4n) is 7.42. The van der Waals surface area contributed by atoms with Gasteiger partial charge in [0, 0.05) is 21.7 Å². The number of furan rings is 1. The van der Waals surface area contributed by atoms with Crippen molar-refractivity contribution in [2.75, 3.05) is 0 Å². The van der Waals surface area contributed by atoms with Crippen molar-refractivity contribution < 1.29 is 15.4 Å². The Morgan fingerprint density at radius 2 is 1.36 bits per heavy atom.